The molecule has 4 nitrogen and oxygen atoms in total. The van der Waals surface area contributed by atoms with Crippen LogP contribution in [-0.2, 0) is 13.0 Å². The SMILES string of the molecule is CCc1ccccc1NC(=O)c1ccc(Cn2nc(C)cc2C)cc1. The summed E-state index contributed by atoms with van der Waals surface area (Å²) in [6.45, 7) is 6.83. The maximum Gasteiger partial charge on any atom is 0.255 e. The fourth-order valence-electron chi connectivity index (χ4n) is 2.91. The van der Waals surface area contributed by atoms with Crippen molar-refractivity contribution in [1.29, 1.82) is 0 Å². The molecule has 1 heterocycles. The van der Waals surface area contributed by atoms with Gasteiger partial charge < -0.3 is 5.32 Å². The van der Waals surface area contributed by atoms with Crippen LogP contribution in [-0.4, -0.2) is 15.7 Å². The number of carbonyl (C=O) groups is 1. The predicted octanol–water partition coefficient (Wildman–Crippen LogP) is 4.36. The summed E-state index contributed by atoms with van der Waals surface area (Å²) in [5.41, 5.74) is 5.94. The zero-order chi connectivity index (χ0) is 17.8. The minimum Gasteiger partial charge on any atom is -0.322 e. The molecule has 0 atom stereocenters. The zero-order valence-electron chi connectivity index (χ0n) is 14.9. The minimum atomic E-state index is -0.0847. The van der Waals surface area contributed by atoms with Gasteiger partial charge in [-0.2, -0.15) is 5.10 Å². The first-order valence-electron chi connectivity index (χ1n) is 8.56. The summed E-state index contributed by atoms with van der Waals surface area (Å²) in [5.74, 6) is -0.0847. The average molecular weight is 333 g/mol. The molecular formula is C21H23N3O. The van der Waals surface area contributed by atoms with Crippen LogP contribution in [0.4, 0.5) is 5.69 Å². The van der Waals surface area contributed by atoms with Gasteiger partial charge >= 0.3 is 0 Å². The van der Waals surface area contributed by atoms with Gasteiger partial charge in [0, 0.05) is 16.9 Å². The third kappa shape index (κ3) is 3.97. The Balaban J connectivity index is 1.71. The van der Waals surface area contributed by atoms with Crippen molar-refractivity contribution in [3.63, 3.8) is 0 Å². The number of nitrogens with one attached hydrogen (secondary N) is 1. The molecule has 0 aliphatic heterocycles. The predicted molar refractivity (Wildman–Crippen MR) is 101 cm³/mol. The smallest absolute Gasteiger partial charge is 0.255 e. The zero-order valence-corrected chi connectivity index (χ0v) is 14.9. The molecule has 2 aromatic carbocycles. The van der Waals surface area contributed by atoms with Crippen molar-refractivity contribution in [3.05, 3.63) is 82.7 Å². The summed E-state index contributed by atoms with van der Waals surface area (Å²) in [7, 11) is 0. The lowest BCUT2D eigenvalue weighted by molar-refractivity contribution is 0.102. The second-order valence-corrected chi connectivity index (χ2v) is 6.25. The lowest BCUT2D eigenvalue weighted by Gasteiger charge is -2.10. The molecule has 0 saturated heterocycles. The Morgan fingerprint density at radius 1 is 1.08 bits per heavy atom. The van der Waals surface area contributed by atoms with E-state index in [4.69, 9.17) is 0 Å². The van der Waals surface area contributed by atoms with E-state index < -0.39 is 0 Å². The minimum absolute atomic E-state index is 0.0847. The van der Waals surface area contributed by atoms with Crippen molar-refractivity contribution < 1.29 is 4.79 Å². The number of aromatic nitrogens is 2. The summed E-state index contributed by atoms with van der Waals surface area (Å²) in [4.78, 5) is 12.5. The third-order valence-corrected chi connectivity index (χ3v) is 4.30. The maximum absolute atomic E-state index is 12.5. The van der Waals surface area contributed by atoms with E-state index in [0.717, 1.165) is 34.6 Å². The molecule has 1 amide bonds. The first kappa shape index (κ1) is 17.0. The van der Waals surface area contributed by atoms with Gasteiger partial charge in [0.05, 0.1) is 12.2 Å². The molecule has 0 radical (unpaired) electrons. The lowest BCUT2D eigenvalue weighted by atomic mass is 10.1. The van der Waals surface area contributed by atoms with Crippen molar-refractivity contribution in [3.8, 4) is 0 Å². The topological polar surface area (TPSA) is 46.9 Å². The summed E-state index contributed by atoms with van der Waals surface area (Å²) < 4.78 is 1.97. The summed E-state index contributed by atoms with van der Waals surface area (Å²) in [5, 5.41) is 7.48. The molecule has 0 aliphatic rings. The van der Waals surface area contributed by atoms with E-state index in [1.54, 1.807) is 0 Å². The van der Waals surface area contributed by atoms with Crippen molar-refractivity contribution >= 4 is 11.6 Å². The molecule has 128 valence electrons. The summed E-state index contributed by atoms with van der Waals surface area (Å²) >= 11 is 0. The van der Waals surface area contributed by atoms with Crippen molar-refractivity contribution in [2.24, 2.45) is 0 Å². The second-order valence-electron chi connectivity index (χ2n) is 6.25. The van der Waals surface area contributed by atoms with Gasteiger partial charge in [-0.25, -0.2) is 0 Å². The summed E-state index contributed by atoms with van der Waals surface area (Å²) in [6.07, 6.45) is 0.887. The van der Waals surface area contributed by atoms with Crippen molar-refractivity contribution in [2.45, 2.75) is 33.7 Å². The molecule has 0 saturated carbocycles. The van der Waals surface area contributed by atoms with Gasteiger partial charge in [-0.1, -0.05) is 37.3 Å². The van der Waals surface area contributed by atoms with Gasteiger partial charge in [-0.3, -0.25) is 9.48 Å². The Morgan fingerprint density at radius 2 is 1.80 bits per heavy atom. The number of nitrogens with zero attached hydrogens (tertiary/aromatic N) is 2. The first-order valence-corrected chi connectivity index (χ1v) is 8.56. The van der Waals surface area contributed by atoms with E-state index in [1.165, 1.54) is 0 Å². The number of rotatable bonds is 5. The fourth-order valence-corrected chi connectivity index (χ4v) is 2.91. The first-order chi connectivity index (χ1) is 12.1. The van der Waals surface area contributed by atoms with Crippen LogP contribution in [0.2, 0.25) is 0 Å². The average Bonchev–Trinajstić information content (AvgIpc) is 2.93. The van der Waals surface area contributed by atoms with Crippen molar-refractivity contribution in [1.82, 2.24) is 9.78 Å². The van der Waals surface area contributed by atoms with E-state index in [-0.39, 0.29) is 5.91 Å². The highest BCUT2D eigenvalue weighted by atomic mass is 16.1. The Kier molecular flexibility index (Phi) is 4.98. The largest absolute Gasteiger partial charge is 0.322 e. The number of aryl methyl sites for hydroxylation is 3. The number of carbonyl (C=O) groups excluding carboxylic acids is 1. The van der Waals surface area contributed by atoms with Gasteiger partial charge in [-0.15, -0.1) is 0 Å². The van der Waals surface area contributed by atoms with Crippen LogP contribution in [0.3, 0.4) is 0 Å². The van der Waals surface area contributed by atoms with Crippen LogP contribution in [0.1, 0.15) is 39.8 Å². The Bertz CT molecular complexity index is 878. The van der Waals surface area contributed by atoms with Gasteiger partial charge in [0.15, 0.2) is 0 Å². The molecule has 4 heteroatoms. The Hall–Kier alpha value is -2.88. The highest BCUT2D eigenvalue weighted by molar-refractivity contribution is 6.04. The molecule has 1 aromatic heterocycles. The Morgan fingerprint density at radius 3 is 2.44 bits per heavy atom. The number of anilines is 1. The van der Waals surface area contributed by atoms with Crippen LogP contribution in [0.25, 0.3) is 0 Å². The number of hydrogen-bond donors (Lipinski definition) is 1. The van der Waals surface area contributed by atoms with E-state index in [2.05, 4.69) is 23.4 Å². The molecule has 3 aromatic rings. The van der Waals surface area contributed by atoms with Crippen molar-refractivity contribution in [2.75, 3.05) is 5.32 Å². The molecule has 0 spiro atoms. The molecule has 0 aliphatic carbocycles. The molecule has 3 rings (SSSR count). The molecule has 0 unspecified atom stereocenters. The normalized spacial score (nSPS) is 10.7. The van der Waals surface area contributed by atoms with Gasteiger partial charge in [0.1, 0.15) is 0 Å². The van der Waals surface area contributed by atoms with E-state index >= 15 is 0 Å². The molecule has 1 N–H and O–H groups in total. The maximum atomic E-state index is 12.5. The second kappa shape index (κ2) is 7.34. The Labute approximate surface area is 148 Å². The van der Waals surface area contributed by atoms with Crippen LogP contribution < -0.4 is 5.32 Å². The molecule has 0 fully saturated rings. The quantitative estimate of drug-likeness (QED) is 0.754. The molecule has 25 heavy (non-hydrogen) atoms. The van der Waals surface area contributed by atoms with Gasteiger partial charge in [0.2, 0.25) is 0 Å². The van der Waals surface area contributed by atoms with E-state index in [1.807, 2.05) is 67.1 Å². The van der Waals surface area contributed by atoms with Crippen LogP contribution in [0.5, 0.6) is 0 Å². The highest BCUT2D eigenvalue weighted by Crippen LogP contribution is 2.17. The fraction of sp³-hybridized carbons (Fsp3) is 0.238. The van der Waals surface area contributed by atoms with Gasteiger partial charge in [0.25, 0.3) is 5.91 Å². The monoisotopic (exact) mass is 333 g/mol. The number of amides is 1. The molecular weight excluding hydrogens is 310 g/mol. The highest BCUT2D eigenvalue weighted by Gasteiger charge is 2.09. The molecule has 0 bridgehead atoms. The van der Waals surface area contributed by atoms with E-state index in [9.17, 15) is 4.79 Å². The number of hydrogen-bond acceptors (Lipinski definition) is 2. The van der Waals surface area contributed by atoms with Crippen LogP contribution >= 0.6 is 0 Å². The van der Waals surface area contributed by atoms with Gasteiger partial charge in [-0.05, 0) is 55.7 Å². The van der Waals surface area contributed by atoms with Crippen LogP contribution in [0.15, 0.2) is 54.6 Å². The third-order valence-electron chi connectivity index (χ3n) is 4.30. The van der Waals surface area contributed by atoms with E-state index in [0.29, 0.717) is 12.1 Å². The lowest BCUT2D eigenvalue weighted by Crippen LogP contribution is -2.13. The number of para-hydroxylation sites is 1. The number of benzene rings is 2. The summed E-state index contributed by atoms with van der Waals surface area (Å²) in [6, 6.07) is 17.7. The van der Waals surface area contributed by atoms with Crippen LogP contribution in [0, 0.1) is 13.8 Å². The standard InChI is InChI=1S/C21H23N3O/c1-4-18-7-5-6-8-20(18)22-21(25)19-11-9-17(10-12-19)14-24-16(3)13-15(2)23-24/h5-13H,4,14H2,1-3H3,(H,22,25).